The summed E-state index contributed by atoms with van der Waals surface area (Å²) in [5.41, 5.74) is 2.62. The smallest absolute Gasteiger partial charge is 0.166 e. The number of hydrogen-bond donors (Lipinski definition) is 2. The molecule has 0 aliphatic heterocycles. The van der Waals surface area contributed by atoms with Crippen LogP contribution < -0.4 is 10.6 Å². The van der Waals surface area contributed by atoms with E-state index in [1.165, 1.54) is 11.1 Å². The zero-order valence-corrected chi connectivity index (χ0v) is 12.1. The first-order chi connectivity index (χ1) is 8.61. The Bertz CT molecular complexity index is 382. The lowest BCUT2D eigenvalue weighted by molar-refractivity contribution is 0.179. The van der Waals surface area contributed by atoms with E-state index < -0.39 is 0 Å². The van der Waals surface area contributed by atoms with Gasteiger partial charge in [0.25, 0.3) is 0 Å². The highest BCUT2D eigenvalue weighted by molar-refractivity contribution is 7.80. The van der Waals surface area contributed by atoms with Crippen LogP contribution in [0.3, 0.4) is 0 Å². The second-order valence-corrected chi connectivity index (χ2v) is 4.90. The number of ether oxygens (including phenoxy) is 1. The predicted molar refractivity (Wildman–Crippen MR) is 80.0 cm³/mol. The highest BCUT2D eigenvalue weighted by Gasteiger charge is 2.02. The predicted octanol–water partition coefficient (Wildman–Crippen LogP) is 2.04. The van der Waals surface area contributed by atoms with Gasteiger partial charge in [-0.1, -0.05) is 29.8 Å². The highest BCUT2D eigenvalue weighted by Crippen LogP contribution is 2.03. The van der Waals surface area contributed by atoms with Gasteiger partial charge in [-0.3, -0.25) is 0 Å². The minimum absolute atomic E-state index is 0.231. The van der Waals surface area contributed by atoms with Gasteiger partial charge in [0, 0.05) is 19.7 Å². The molecule has 0 spiro atoms. The topological polar surface area (TPSA) is 33.3 Å². The average Bonchev–Trinajstić information content (AvgIpc) is 2.29. The zero-order valence-electron chi connectivity index (χ0n) is 11.3. The molecule has 4 heteroatoms. The number of hydrogen-bond acceptors (Lipinski definition) is 2. The summed E-state index contributed by atoms with van der Waals surface area (Å²) >= 11 is 5.21. The molecule has 18 heavy (non-hydrogen) atoms. The Balaban J connectivity index is 2.23. The van der Waals surface area contributed by atoms with Gasteiger partial charge in [0.2, 0.25) is 0 Å². The Kier molecular flexibility index (Phi) is 6.68. The van der Waals surface area contributed by atoms with Crippen molar-refractivity contribution in [1.29, 1.82) is 0 Å². The normalized spacial score (nSPS) is 11.9. The second kappa shape index (κ2) is 8.06. The minimum Gasteiger partial charge on any atom is -0.383 e. The Morgan fingerprint density at radius 1 is 1.44 bits per heavy atom. The Labute approximate surface area is 115 Å². The summed E-state index contributed by atoms with van der Waals surface area (Å²) in [7, 11) is 1.69. The van der Waals surface area contributed by atoms with Crippen molar-refractivity contribution in [2.45, 2.75) is 26.3 Å². The molecule has 1 aromatic rings. The van der Waals surface area contributed by atoms with Gasteiger partial charge < -0.3 is 15.4 Å². The van der Waals surface area contributed by atoms with Crippen LogP contribution in [0.25, 0.3) is 0 Å². The lowest BCUT2D eigenvalue weighted by atomic mass is 10.1. The molecule has 0 saturated carbocycles. The summed E-state index contributed by atoms with van der Waals surface area (Å²) < 4.78 is 5.04. The van der Waals surface area contributed by atoms with Crippen LogP contribution in [0.15, 0.2) is 24.3 Å². The molecule has 0 bridgehead atoms. The largest absolute Gasteiger partial charge is 0.383 e. The molecule has 0 amide bonds. The maximum atomic E-state index is 5.21. The van der Waals surface area contributed by atoms with Crippen molar-refractivity contribution >= 4 is 17.3 Å². The van der Waals surface area contributed by atoms with E-state index >= 15 is 0 Å². The number of rotatable bonds is 6. The molecule has 0 saturated heterocycles. The lowest BCUT2D eigenvalue weighted by Gasteiger charge is -2.16. The standard InChI is InChI=1S/C14H22N2OS/c1-11-5-4-6-13(9-11)7-8-15-14(18)16-12(2)10-17-3/h4-6,9,12H,7-8,10H2,1-3H3,(H2,15,16,18). The first kappa shape index (κ1) is 14.9. The molecule has 0 aliphatic rings. The third-order valence-electron chi connectivity index (χ3n) is 2.58. The fourth-order valence-electron chi connectivity index (χ4n) is 1.75. The van der Waals surface area contributed by atoms with Gasteiger partial charge in [-0.25, -0.2) is 0 Å². The maximum Gasteiger partial charge on any atom is 0.166 e. The molecule has 0 heterocycles. The van der Waals surface area contributed by atoms with Crippen molar-refractivity contribution in [3.05, 3.63) is 35.4 Å². The maximum absolute atomic E-state index is 5.21. The summed E-state index contributed by atoms with van der Waals surface area (Å²) in [4.78, 5) is 0. The van der Waals surface area contributed by atoms with E-state index in [9.17, 15) is 0 Å². The van der Waals surface area contributed by atoms with Crippen molar-refractivity contribution in [3.63, 3.8) is 0 Å². The molecule has 2 N–H and O–H groups in total. The fraction of sp³-hybridized carbons (Fsp3) is 0.500. The first-order valence-corrected chi connectivity index (χ1v) is 6.61. The van der Waals surface area contributed by atoms with Gasteiger partial charge in [0.15, 0.2) is 5.11 Å². The van der Waals surface area contributed by atoms with Crippen molar-refractivity contribution in [1.82, 2.24) is 10.6 Å². The Morgan fingerprint density at radius 2 is 2.22 bits per heavy atom. The van der Waals surface area contributed by atoms with Crippen LogP contribution in [-0.2, 0) is 11.2 Å². The molecule has 0 radical (unpaired) electrons. The molecule has 0 aromatic heterocycles. The molecule has 1 aromatic carbocycles. The average molecular weight is 266 g/mol. The van der Waals surface area contributed by atoms with E-state index in [1.54, 1.807) is 7.11 Å². The van der Waals surface area contributed by atoms with Crippen LogP contribution >= 0.6 is 12.2 Å². The van der Waals surface area contributed by atoms with E-state index in [4.69, 9.17) is 17.0 Å². The number of thiocarbonyl (C=S) groups is 1. The van der Waals surface area contributed by atoms with Crippen LogP contribution in [-0.4, -0.2) is 31.4 Å². The fourth-order valence-corrected chi connectivity index (χ4v) is 2.06. The number of methoxy groups -OCH3 is 1. The van der Waals surface area contributed by atoms with Crippen LogP contribution in [0.5, 0.6) is 0 Å². The van der Waals surface area contributed by atoms with E-state index in [0.29, 0.717) is 11.7 Å². The Morgan fingerprint density at radius 3 is 2.89 bits per heavy atom. The molecular weight excluding hydrogens is 244 g/mol. The molecule has 0 fully saturated rings. The third-order valence-corrected chi connectivity index (χ3v) is 2.84. The molecule has 3 nitrogen and oxygen atoms in total. The van der Waals surface area contributed by atoms with Gasteiger partial charge >= 0.3 is 0 Å². The third kappa shape index (κ3) is 5.98. The van der Waals surface area contributed by atoms with Crippen LogP contribution in [0.4, 0.5) is 0 Å². The SMILES string of the molecule is COCC(C)NC(=S)NCCc1cccc(C)c1. The summed E-state index contributed by atoms with van der Waals surface area (Å²) in [6.07, 6.45) is 0.974. The number of nitrogens with one attached hydrogen (secondary N) is 2. The van der Waals surface area contributed by atoms with Crippen molar-refractivity contribution < 1.29 is 4.74 Å². The quantitative estimate of drug-likeness (QED) is 0.772. The van der Waals surface area contributed by atoms with Gasteiger partial charge in [0.05, 0.1) is 6.61 Å². The van der Waals surface area contributed by atoms with Gasteiger partial charge in [-0.2, -0.15) is 0 Å². The Hall–Kier alpha value is -1.13. The lowest BCUT2D eigenvalue weighted by Crippen LogP contribution is -2.43. The van der Waals surface area contributed by atoms with Crippen molar-refractivity contribution in [2.24, 2.45) is 0 Å². The molecule has 100 valence electrons. The van der Waals surface area contributed by atoms with Crippen molar-refractivity contribution in [3.8, 4) is 0 Å². The summed E-state index contributed by atoms with van der Waals surface area (Å²) in [5.74, 6) is 0. The van der Waals surface area contributed by atoms with Gasteiger partial charge in [0.1, 0.15) is 0 Å². The summed E-state index contributed by atoms with van der Waals surface area (Å²) in [5, 5.41) is 7.07. The summed E-state index contributed by atoms with van der Waals surface area (Å²) in [6.45, 7) is 5.64. The van der Waals surface area contributed by atoms with E-state index in [0.717, 1.165) is 13.0 Å². The zero-order chi connectivity index (χ0) is 13.4. The highest BCUT2D eigenvalue weighted by atomic mass is 32.1. The van der Waals surface area contributed by atoms with Crippen LogP contribution in [0, 0.1) is 6.92 Å². The summed E-state index contributed by atoms with van der Waals surface area (Å²) in [6, 6.07) is 8.76. The molecule has 0 aliphatic carbocycles. The number of benzene rings is 1. The number of aryl methyl sites for hydroxylation is 1. The second-order valence-electron chi connectivity index (χ2n) is 4.50. The van der Waals surface area contributed by atoms with Crippen molar-refractivity contribution in [2.75, 3.05) is 20.3 Å². The van der Waals surface area contributed by atoms with E-state index in [-0.39, 0.29) is 6.04 Å². The van der Waals surface area contributed by atoms with E-state index in [1.807, 2.05) is 6.92 Å². The van der Waals surface area contributed by atoms with Crippen LogP contribution in [0.2, 0.25) is 0 Å². The van der Waals surface area contributed by atoms with Gasteiger partial charge in [-0.05, 0) is 38.0 Å². The van der Waals surface area contributed by atoms with Gasteiger partial charge in [-0.15, -0.1) is 0 Å². The molecule has 1 unspecified atom stereocenters. The molecular formula is C14H22N2OS. The molecule has 1 atom stereocenters. The minimum atomic E-state index is 0.231. The molecule has 1 rings (SSSR count). The monoisotopic (exact) mass is 266 g/mol. The van der Waals surface area contributed by atoms with Crippen LogP contribution in [0.1, 0.15) is 18.1 Å². The van der Waals surface area contributed by atoms with E-state index in [2.05, 4.69) is 41.8 Å². The first-order valence-electron chi connectivity index (χ1n) is 6.20.